The van der Waals surface area contributed by atoms with Crippen LogP contribution in [0.1, 0.15) is 10.5 Å². The lowest BCUT2D eigenvalue weighted by Gasteiger charge is -1.90. The highest BCUT2D eigenvalue weighted by molar-refractivity contribution is 7.13. The summed E-state index contributed by atoms with van der Waals surface area (Å²) in [6.45, 7) is 0. The number of esters is 1. The third-order valence-corrected chi connectivity index (χ3v) is 2.40. The van der Waals surface area contributed by atoms with Gasteiger partial charge in [0, 0.05) is 5.38 Å². The molecule has 0 spiro atoms. The van der Waals surface area contributed by atoms with Crippen molar-refractivity contribution in [3.05, 3.63) is 17.3 Å². The number of carbonyl (C=O) groups excluding carboxylic acids is 1. The van der Waals surface area contributed by atoms with Crippen LogP contribution >= 0.6 is 11.3 Å². The maximum Gasteiger partial charge on any atom is 0.357 e. The van der Waals surface area contributed by atoms with Crippen LogP contribution in [0.25, 0.3) is 10.7 Å². The molecule has 0 saturated carbocycles. The Bertz CT molecular complexity index is 436. The molecule has 2 heterocycles. The summed E-state index contributed by atoms with van der Waals surface area (Å²) in [5.74, 6) is -0.448. The molecule has 0 fully saturated rings. The highest BCUT2D eigenvalue weighted by Crippen LogP contribution is 2.20. The van der Waals surface area contributed by atoms with E-state index < -0.39 is 5.97 Å². The first-order chi connectivity index (χ1) is 6.81. The largest absolute Gasteiger partial charge is 0.464 e. The number of rotatable bonds is 2. The molecule has 0 radical (unpaired) electrons. The van der Waals surface area contributed by atoms with E-state index in [1.165, 1.54) is 18.4 Å². The van der Waals surface area contributed by atoms with E-state index in [2.05, 4.69) is 25.1 Å². The third kappa shape index (κ3) is 1.49. The van der Waals surface area contributed by atoms with Gasteiger partial charge in [0.25, 0.3) is 0 Å². The standard InChI is InChI=1S/C7H6N4O2S/c1-13-7(12)5-3-14-6(9-5)4-2-8-11-10-4/h2-3H,1H3,(H,8,10,11). The molecule has 2 aromatic heterocycles. The van der Waals surface area contributed by atoms with Crippen LogP contribution in [0, 0.1) is 0 Å². The van der Waals surface area contributed by atoms with E-state index in [0.29, 0.717) is 10.7 Å². The van der Waals surface area contributed by atoms with E-state index in [4.69, 9.17) is 0 Å². The van der Waals surface area contributed by atoms with Crippen LogP contribution in [0.3, 0.4) is 0 Å². The fourth-order valence-electron chi connectivity index (χ4n) is 0.894. The lowest BCUT2D eigenvalue weighted by atomic mass is 10.5. The highest BCUT2D eigenvalue weighted by Gasteiger charge is 2.12. The monoisotopic (exact) mass is 210 g/mol. The normalized spacial score (nSPS) is 10.1. The number of aromatic amines is 1. The minimum atomic E-state index is -0.448. The Hall–Kier alpha value is -1.76. The molecule has 0 saturated heterocycles. The molecule has 0 aliphatic carbocycles. The zero-order valence-electron chi connectivity index (χ0n) is 7.22. The van der Waals surface area contributed by atoms with E-state index in [9.17, 15) is 4.79 Å². The Morgan fingerprint density at radius 1 is 1.64 bits per heavy atom. The fourth-order valence-corrected chi connectivity index (χ4v) is 1.64. The topological polar surface area (TPSA) is 80.8 Å². The molecular formula is C7H6N4O2S. The molecule has 1 N–H and O–H groups in total. The number of ether oxygens (including phenoxy) is 1. The summed E-state index contributed by atoms with van der Waals surface area (Å²) < 4.78 is 4.53. The van der Waals surface area contributed by atoms with E-state index in [-0.39, 0.29) is 5.69 Å². The van der Waals surface area contributed by atoms with Gasteiger partial charge in [-0.2, -0.15) is 15.4 Å². The van der Waals surface area contributed by atoms with Gasteiger partial charge < -0.3 is 4.74 Å². The van der Waals surface area contributed by atoms with Gasteiger partial charge in [-0.05, 0) is 0 Å². The van der Waals surface area contributed by atoms with Gasteiger partial charge in [0.2, 0.25) is 0 Å². The Balaban J connectivity index is 2.31. The van der Waals surface area contributed by atoms with Gasteiger partial charge >= 0.3 is 5.97 Å². The van der Waals surface area contributed by atoms with E-state index >= 15 is 0 Å². The molecule has 0 aromatic carbocycles. The van der Waals surface area contributed by atoms with Crippen LogP contribution in [-0.2, 0) is 4.74 Å². The van der Waals surface area contributed by atoms with Crippen molar-refractivity contribution < 1.29 is 9.53 Å². The number of hydrogen-bond acceptors (Lipinski definition) is 6. The van der Waals surface area contributed by atoms with Gasteiger partial charge in [0.05, 0.1) is 13.3 Å². The van der Waals surface area contributed by atoms with Crippen LogP contribution in [0.2, 0.25) is 0 Å². The van der Waals surface area contributed by atoms with Crippen molar-refractivity contribution in [2.24, 2.45) is 0 Å². The van der Waals surface area contributed by atoms with Crippen molar-refractivity contribution >= 4 is 17.3 Å². The van der Waals surface area contributed by atoms with Gasteiger partial charge in [0.1, 0.15) is 10.7 Å². The van der Waals surface area contributed by atoms with Gasteiger partial charge in [-0.25, -0.2) is 9.78 Å². The zero-order chi connectivity index (χ0) is 9.97. The minimum absolute atomic E-state index is 0.288. The quantitative estimate of drug-likeness (QED) is 0.738. The predicted octanol–water partition coefficient (Wildman–Crippen LogP) is 0.715. The molecule has 6 nitrogen and oxygen atoms in total. The Labute approximate surface area is 82.9 Å². The number of nitrogens with one attached hydrogen (secondary N) is 1. The first kappa shape index (κ1) is 8.82. The number of hydrogen-bond donors (Lipinski definition) is 1. The number of aromatic nitrogens is 4. The molecule has 0 amide bonds. The third-order valence-electron chi connectivity index (χ3n) is 1.53. The molecule has 72 valence electrons. The van der Waals surface area contributed by atoms with E-state index in [0.717, 1.165) is 0 Å². The summed E-state index contributed by atoms with van der Waals surface area (Å²) in [7, 11) is 1.32. The SMILES string of the molecule is COC(=O)c1csc(-c2cn[nH]n2)n1. The van der Waals surface area contributed by atoms with Gasteiger partial charge in [0.15, 0.2) is 5.69 Å². The molecule has 0 bridgehead atoms. The molecule has 0 aliphatic heterocycles. The molecule has 0 atom stereocenters. The number of H-pyrrole nitrogens is 1. The lowest BCUT2D eigenvalue weighted by molar-refractivity contribution is 0.0595. The Morgan fingerprint density at radius 3 is 3.14 bits per heavy atom. The molecule has 0 aliphatic rings. The van der Waals surface area contributed by atoms with Gasteiger partial charge in [-0.1, -0.05) is 0 Å². The molecular weight excluding hydrogens is 204 g/mol. The minimum Gasteiger partial charge on any atom is -0.464 e. The summed E-state index contributed by atoms with van der Waals surface area (Å²) in [5.41, 5.74) is 0.903. The summed E-state index contributed by atoms with van der Waals surface area (Å²) in [4.78, 5) is 15.1. The van der Waals surface area contributed by atoms with Crippen molar-refractivity contribution in [3.63, 3.8) is 0 Å². The Kier molecular flexibility index (Phi) is 2.23. The second-order valence-corrected chi connectivity index (χ2v) is 3.24. The number of carbonyl (C=O) groups is 1. The zero-order valence-corrected chi connectivity index (χ0v) is 8.04. The molecule has 14 heavy (non-hydrogen) atoms. The molecule has 7 heteroatoms. The first-order valence-corrected chi connectivity index (χ1v) is 4.59. The van der Waals surface area contributed by atoms with Crippen molar-refractivity contribution in [2.75, 3.05) is 7.11 Å². The van der Waals surface area contributed by atoms with Crippen LogP contribution in [0.4, 0.5) is 0 Å². The molecule has 2 aromatic rings. The second-order valence-electron chi connectivity index (χ2n) is 2.38. The lowest BCUT2D eigenvalue weighted by Crippen LogP contribution is -2.00. The maximum absolute atomic E-state index is 11.1. The predicted molar refractivity (Wildman–Crippen MR) is 48.8 cm³/mol. The highest BCUT2D eigenvalue weighted by atomic mass is 32.1. The average Bonchev–Trinajstić information content (AvgIpc) is 2.86. The van der Waals surface area contributed by atoms with Crippen molar-refractivity contribution in [1.82, 2.24) is 20.4 Å². The maximum atomic E-state index is 11.1. The van der Waals surface area contributed by atoms with Crippen LogP contribution in [-0.4, -0.2) is 33.5 Å². The summed E-state index contributed by atoms with van der Waals surface area (Å²) >= 11 is 1.32. The summed E-state index contributed by atoms with van der Waals surface area (Å²) in [5, 5.41) is 12.2. The number of nitrogens with zero attached hydrogens (tertiary/aromatic N) is 3. The number of methoxy groups -OCH3 is 1. The van der Waals surface area contributed by atoms with E-state index in [1.807, 2.05) is 0 Å². The average molecular weight is 210 g/mol. The van der Waals surface area contributed by atoms with Crippen molar-refractivity contribution in [3.8, 4) is 10.7 Å². The summed E-state index contributed by atoms with van der Waals surface area (Å²) in [6, 6.07) is 0. The van der Waals surface area contributed by atoms with Gasteiger partial charge in [-0.15, -0.1) is 11.3 Å². The van der Waals surface area contributed by atoms with Crippen LogP contribution < -0.4 is 0 Å². The summed E-state index contributed by atoms with van der Waals surface area (Å²) in [6.07, 6.45) is 1.54. The number of thiazole rings is 1. The van der Waals surface area contributed by atoms with Gasteiger partial charge in [-0.3, -0.25) is 0 Å². The van der Waals surface area contributed by atoms with E-state index in [1.54, 1.807) is 11.6 Å². The Morgan fingerprint density at radius 2 is 2.50 bits per heavy atom. The van der Waals surface area contributed by atoms with Crippen LogP contribution in [0.5, 0.6) is 0 Å². The molecule has 0 unspecified atom stereocenters. The first-order valence-electron chi connectivity index (χ1n) is 3.71. The van der Waals surface area contributed by atoms with Crippen molar-refractivity contribution in [2.45, 2.75) is 0 Å². The second kappa shape index (κ2) is 3.54. The molecule has 2 rings (SSSR count). The van der Waals surface area contributed by atoms with Crippen molar-refractivity contribution in [1.29, 1.82) is 0 Å². The fraction of sp³-hybridized carbons (Fsp3) is 0.143. The van der Waals surface area contributed by atoms with Crippen LogP contribution in [0.15, 0.2) is 11.6 Å². The smallest absolute Gasteiger partial charge is 0.357 e.